The second-order valence-electron chi connectivity index (χ2n) is 5.56. The van der Waals surface area contributed by atoms with Gasteiger partial charge in [0.05, 0.1) is 5.39 Å². The van der Waals surface area contributed by atoms with Crippen LogP contribution in [-0.4, -0.2) is 41.5 Å². The van der Waals surface area contributed by atoms with Crippen LogP contribution in [0, 0.1) is 0 Å². The van der Waals surface area contributed by atoms with Crippen molar-refractivity contribution in [2.24, 2.45) is 0 Å². The maximum absolute atomic E-state index is 6.11. The third-order valence-electron chi connectivity index (χ3n) is 4.09. The molecule has 0 aliphatic carbocycles. The predicted molar refractivity (Wildman–Crippen MR) is 90.1 cm³/mol. The maximum atomic E-state index is 6.11. The molecule has 118 valence electrons. The molecule has 3 aromatic rings. The summed E-state index contributed by atoms with van der Waals surface area (Å²) in [5.74, 6) is 1.78. The molecule has 0 atom stereocenters. The quantitative estimate of drug-likeness (QED) is 0.720. The number of benzene rings is 1. The van der Waals surface area contributed by atoms with Gasteiger partial charge < -0.3 is 14.3 Å². The second-order valence-corrected chi connectivity index (χ2v) is 5.99. The van der Waals surface area contributed by atoms with Crippen LogP contribution in [0.5, 0.6) is 0 Å². The number of fused-ring (bicyclic) bond motifs is 1. The van der Waals surface area contributed by atoms with Gasteiger partial charge in [0.25, 0.3) is 0 Å². The van der Waals surface area contributed by atoms with Crippen LogP contribution in [0.1, 0.15) is 6.42 Å². The molecule has 3 heterocycles. The van der Waals surface area contributed by atoms with E-state index >= 15 is 0 Å². The minimum Gasteiger partial charge on any atom is -0.354 e. The van der Waals surface area contributed by atoms with E-state index in [4.69, 9.17) is 16.1 Å². The van der Waals surface area contributed by atoms with E-state index in [2.05, 4.69) is 25.2 Å². The van der Waals surface area contributed by atoms with E-state index in [0.717, 1.165) is 55.2 Å². The van der Waals surface area contributed by atoms with E-state index in [9.17, 15) is 0 Å². The van der Waals surface area contributed by atoms with Gasteiger partial charge in [0.1, 0.15) is 0 Å². The van der Waals surface area contributed by atoms with Gasteiger partial charge in [-0.2, -0.15) is 5.10 Å². The lowest BCUT2D eigenvalue weighted by atomic mass is 10.2. The van der Waals surface area contributed by atoms with E-state index < -0.39 is 0 Å². The minimum absolute atomic E-state index is 0.693. The van der Waals surface area contributed by atoms with Gasteiger partial charge in [-0.05, 0) is 36.8 Å². The molecule has 0 amide bonds. The lowest BCUT2D eigenvalue weighted by Crippen LogP contribution is -2.31. The first-order valence-corrected chi connectivity index (χ1v) is 8.01. The zero-order valence-electron chi connectivity index (χ0n) is 12.5. The fourth-order valence-corrected chi connectivity index (χ4v) is 3.12. The van der Waals surface area contributed by atoms with E-state index in [-0.39, 0.29) is 0 Å². The molecule has 0 saturated carbocycles. The Labute approximate surface area is 138 Å². The molecule has 23 heavy (non-hydrogen) atoms. The minimum atomic E-state index is 0.693. The van der Waals surface area contributed by atoms with E-state index in [0.29, 0.717) is 5.02 Å². The van der Waals surface area contributed by atoms with Crippen LogP contribution in [0.15, 0.2) is 41.1 Å². The molecule has 0 spiro atoms. The highest BCUT2D eigenvalue weighted by Crippen LogP contribution is 2.29. The molecule has 1 aromatic carbocycles. The summed E-state index contributed by atoms with van der Waals surface area (Å²) in [6.45, 7) is 3.59. The Kier molecular flexibility index (Phi) is 3.75. The van der Waals surface area contributed by atoms with Gasteiger partial charge in [-0.3, -0.25) is 0 Å². The molecule has 0 N–H and O–H groups in total. The number of hydrogen-bond donors (Lipinski definition) is 0. The van der Waals surface area contributed by atoms with Gasteiger partial charge in [0.2, 0.25) is 0 Å². The zero-order chi connectivity index (χ0) is 15.6. The number of nitrogens with zero attached hydrogens (tertiary/aromatic N) is 5. The van der Waals surface area contributed by atoms with Gasteiger partial charge in [-0.1, -0.05) is 16.8 Å². The van der Waals surface area contributed by atoms with E-state index in [1.54, 1.807) is 6.20 Å². The average Bonchev–Trinajstić information content (AvgIpc) is 2.84. The first-order valence-electron chi connectivity index (χ1n) is 7.64. The summed E-state index contributed by atoms with van der Waals surface area (Å²) in [5.41, 5.74) is 0.763. The zero-order valence-corrected chi connectivity index (χ0v) is 13.3. The molecule has 7 heteroatoms. The van der Waals surface area contributed by atoms with Crippen LogP contribution >= 0.6 is 11.6 Å². The van der Waals surface area contributed by atoms with Crippen molar-refractivity contribution in [2.75, 3.05) is 36.0 Å². The van der Waals surface area contributed by atoms with Gasteiger partial charge in [0, 0.05) is 37.4 Å². The molecule has 0 unspecified atom stereocenters. The Hall–Kier alpha value is -2.34. The Morgan fingerprint density at radius 1 is 1.04 bits per heavy atom. The molecule has 1 saturated heterocycles. The van der Waals surface area contributed by atoms with Crippen molar-refractivity contribution in [3.8, 4) is 0 Å². The van der Waals surface area contributed by atoms with Gasteiger partial charge >= 0.3 is 0 Å². The summed E-state index contributed by atoms with van der Waals surface area (Å²) in [7, 11) is 0. The summed E-state index contributed by atoms with van der Waals surface area (Å²) >= 11 is 6.11. The highest BCUT2D eigenvalue weighted by atomic mass is 35.5. The molecule has 1 aliphatic rings. The summed E-state index contributed by atoms with van der Waals surface area (Å²) in [6, 6.07) is 9.50. The van der Waals surface area contributed by atoms with Crippen molar-refractivity contribution >= 4 is 34.2 Å². The number of anilines is 2. The Balaban J connectivity index is 1.57. The second kappa shape index (κ2) is 6.04. The van der Waals surface area contributed by atoms with Crippen molar-refractivity contribution in [3.05, 3.63) is 41.6 Å². The van der Waals surface area contributed by atoms with E-state index in [1.165, 1.54) is 0 Å². The smallest absolute Gasteiger partial charge is 0.180 e. The normalized spacial score (nSPS) is 15.9. The summed E-state index contributed by atoms with van der Waals surface area (Å²) in [4.78, 5) is 4.50. The number of rotatable bonds is 2. The number of hydrogen-bond acceptors (Lipinski definition) is 6. The van der Waals surface area contributed by atoms with Crippen molar-refractivity contribution < 1.29 is 4.52 Å². The molecular weight excluding hydrogens is 314 g/mol. The largest absolute Gasteiger partial charge is 0.354 e. The van der Waals surface area contributed by atoms with Crippen LogP contribution in [0.2, 0.25) is 5.02 Å². The monoisotopic (exact) mass is 329 g/mol. The third-order valence-corrected chi connectivity index (χ3v) is 4.33. The molecule has 1 fully saturated rings. The van der Waals surface area contributed by atoms with Crippen molar-refractivity contribution in [3.63, 3.8) is 0 Å². The molecule has 6 nitrogen and oxygen atoms in total. The van der Waals surface area contributed by atoms with Crippen LogP contribution < -0.4 is 9.80 Å². The van der Waals surface area contributed by atoms with Crippen LogP contribution in [0.25, 0.3) is 11.0 Å². The molecular formula is C16H16ClN5O. The topological polar surface area (TPSA) is 58.3 Å². The van der Waals surface area contributed by atoms with Gasteiger partial charge in [0.15, 0.2) is 17.2 Å². The van der Waals surface area contributed by atoms with Crippen LogP contribution in [0.3, 0.4) is 0 Å². The van der Waals surface area contributed by atoms with Crippen LogP contribution in [0.4, 0.5) is 11.6 Å². The summed E-state index contributed by atoms with van der Waals surface area (Å²) in [5, 5.41) is 14.1. The number of aromatic nitrogens is 3. The number of halogens is 1. The van der Waals surface area contributed by atoms with Crippen LogP contribution in [-0.2, 0) is 0 Å². The Morgan fingerprint density at radius 3 is 2.78 bits per heavy atom. The maximum Gasteiger partial charge on any atom is 0.180 e. The Bertz CT molecular complexity index is 807. The molecule has 0 radical (unpaired) electrons. The fourth-order valence-electron chi connectivity index (χ4n) is 2.95. The third kappa shape index (κ3) is 2.82. The standard InChI is InChI=1S/C16H16ClN5O/c17-12-4-5-14-13(11-12)16(20-23-14)22-8-2-7-21(9-10-22)15-3-1-6-18-19-15/h1,3-6,11H,2,7-10H2. The summed E-state index contributed by atoms with van der Waals surface area (Å²) < 4.78 is 5.42. The predicted octanol–water partition coefficient (Wildman–Crippen LogP) is 2.99. The first kappa shape index (κ1) is 14.3. The fraction of sp³-hybridized carbons (Fsp3) is 0.312. The SMILES string of the molecule is Clc1ccc2onc(N3CCCN(c4cccnn4)CC3)c2c1. The van der Waals surface area contributed by atoms with Gasteiger partial charge in [-0.15, -0.1) is 5.10 Å². The summed E-state index contributed by atoms with van der Waals surface area (Å²) in [6.07, 6.45) is 2.71. The molecule has 4 rings (SSSR count). The average molecular weight is 330 g/mol. The van der Waals surface area contributed by atoms with E-state index in [1.807, 2.05) is 30.3 Å². The van der Waals surface area contributed by atoms with Crippen molar-refractivity contribution in [1.29, 1.82) is 0 Å². The Morgan fingerprint density at radius 2 is 1.91 bits per heavy atom. The molecule has 2 aromatic heterocycles. The highest BCUT2D eigenvalue weighted by molar-refractivity contribution is 6.31. The first-order chi connectivity index (χ1) is 11.3. The van der Waals surface area contributed by atoms with Gasteiger partial charge in [-0.25, -0.2) is 0 Å². The lowest BCUT2D eigenvalue weighted by molar-refractivity contribution is 0.455. The van der Waals surface area contributed by atoms with Crippen molar-refractivity contribution in [1.82, 2.24) is 15.4 Å². The van der Waals surface area contributed by atoms with Crippen molar-refractivity contribution in [2.45, 2.75) is 6.42 Å². The lowest BCUT2D eigenvalue weighted by Gasteiger charge is -2.22. The molecule has 1 aliphatic heterocycles. The highest BCUT2D eigenvalue weighted by Gasteiger charge is 2.20. The molecule has 0 bridgehead atoms.